The molecule has 0 aliphatic carbocycles. The molecule has 2 aromatic rings. The molecule has 138 valence electrons. The number of amides is 1. The normalized spacial score (nSPS) is 16.3. The van der Waals surface area contributed by atoms with Gasteiger partial charge in [0.25, 0.3) is 0 Å². The summed E-state index contributed by atoms with van der Waals surface area (Å²) in [5, 5.41) is 3.06. The Labute approximate surface area is 154 Å². The Morgan fingerprint density at radius 1 is 1.08 bits per heavy atom. The summed E-state index contributed by atoms with van der Waals surface area (Å²) in [6, 6.07) is 15.0. The van der Waals surface area contributed by atoms with E-state index in [1.807, 2.05) is 36.9 Å². The number of nitrogens with one attached hydrogen (secondary N) is 1. The maximum atomic E-state index is 13.9. The van der Waals surface area contributed by atoms with Crippen molar-refractivity contribution in [1.29, 1.82) is 0 Å². The Kier molecular flexibility index (Phi) is 5.89. The first-order valence-corrected chi connectivity index (χ1v) is 9.10. The van der Waals surface area contributed by atoms with Crippen LogP contribution in [0.5, 0.6) is 0 Å². The van der Waals surface area contributed by atoms with Crippen LogP contribution >= 0.6 is 0 Å². The van der Waals surface area contributed by atoms with E-state index in [9.17, 15) is 9.18 Å². The van der Waals surface area contributed by atoms with Crippen LogP contribution in [0.4, 0.5) is 10.1 Å². The molecule has 1 N–H and O–H groups in total. The number of hydrogen-bond acceptors (Lipinski definition) is 3. The highest BCUT2D eigenvalue weighted by Crippen LogP contribution is 2.20. The Balaban J connectivity index is 1.47. The smallest absolute Gasteiger partial charge is 0.234 e. The summed E-state index contributed by atoms with van der Waals surface area (Å²) in [4.78, 5) is 16.5. The molecule has 26 heavy (non-hydrogen) atoms. The van der Waals surface area contributed by atoms with Crippen LogP contribution in [0.1, 0.15) is 24.1 Å². The molecule has 4 nitrogen and oxygen atoms in total. The molecule has 1 amide bonds. The minimum atomic E-state index is -0.189. The van der Waals surface area contributed by atoms with Crippen molar-refractivity contribution in [2.24, 2.45) is 0 Å². The van der Waals surface area contributed by atoms with Gasteiger partial charge in [0.1, 0.15) is 5.82 Å². The Bertz CT molecular complexity index is 739. The van der Waals surface area contributed by atoms with Crippen LogP contribution in [0.2, 0.25) is 0 Å². The summed E-state index contributed by atoms with van der Waals surface area (Å²) in [7, 11) is 0. The van der Waals surface area contributed by atoms with Gasteiger partial charge in [-0.3, -0.25) is 9.69 Å². The molecule has 2 aromatic carbocycles. The van der Waals surface area contributed by atoms with Crippen molar-refractivity contribution in [3.63, 3.8) is 0 Å². The summed E-state index contributed by atoms with van der Waals surface area (Å²) < 4.78 is 13.9. The van der Waals surface area contributed by atoms with Crippen LogP contribution in [0, 0.1) is 12.7 Å². The van der Waals surface area contributed by atoms with E-state index in [0.717, 1.165) is 31.7 Å². The summed E-state index contributed by atoms with van der Waals surface area (Å²) in [6.45, 7) is 7.37. The van der Waals surface area contributed by atoms with E-state index >= 15 is 0 Å². The number of rotatable bonds is 5. The molecule has 1 aliphatic heterocycles. The van der Waals surface area contributed by atoms with Crippen molar-refractivity contribution >= 4 is 11.6 Å². The van der Waals surface area contributed by atoms with Gasteiger partial charge in [0.05, 0.1) is 18.3 Å². The SMILES string of the molecule is Cc1ccc([C@H](C)NC(=O)CN2CCN(c3ccccc3F)CC2)cc1. The molecular formula is C21H26FN3O. The number of nitrogens with zero attached hydrogens (tertiary/aromatic N) is 2. The van der Waals surface area contributed by atoms with Crippen molar-refractivity contribution in [3.8, 4) is 0 Å². The largest absolute Gasteiger partial charge is 0.367 e. The standard InChI is InChI=1S/C21H26FN3O/c1-16-7-9-18(10-8-16)17(2)23-21(26)15-24-11-13-25(14-12-24)20-6-4-3-5-19(20)22/h3-10,17H,11-15H2,1-2H3,(H,23,26)/t17-/m0/s1. The van der Waals surface area contributed by atoms with E-state index in [1.165, 1.54) is 11.6 Å². The number of hydrogen-bond donors (Lipinski definition) is 1. The second-order valence-corrected chi connectivity index (χ2v) is 6.91. The molecule has 1 aliphatic rings. The highest BCUT2D eigenvalue weighted by Gasteiger charge is 2.21. The number of anilines is 1. The first-order valence-electron chi connectivity index (χ1n) is 9.10. The number of halogens is 1. The van der Waals surface area contributed by atoms with Crippen molar-refractivity contribution in [2.75, 3.05) is 37.6 Å². The third kappa shape index (κ3) is 4.61. The zero-order valence-corrected chi connectivity index (χ0v) is 15.4. The van der Waals surface area contributed by atoms with Gasteiger partial charge in [-0.25, -0.2) is 4.39 Å². The molecule has 1 atom stereocenters. The van der Waals surface area contributed by atoms with Crippen LogP contribution in [0.15, 0.2) is 48.5 Å². The lowest BCUT2D eigenvalue weighted by Gasteiger charge is -2.36. The molecular weight excluding hydrogens is 329 g/mol. The van der Waals surface area contributed by atoms with Crippen LogP contribution in [0.3, 0.4) is 0 Å². The fraction of sp³-hybridized carbons (Fsp3) is 0.381. The third-order valence-corrected chi connectivity index (χ3v) is 4.89. The number of benzene rings is 2. The maximum Gasteiger partial charge on any atom is 0.234 e. The maximum absolute atomic E-state index is 13.9. The van der Waals surface area contributed by atoms with Gasteiger partial charge in [-0.1, -0.05) is 42.0 Å². The monoisotopic (exact) mass is 355 g/mol. The number of piperazine rings is 1. The fourth-order valence-electron chi connectivity index (χ4n) is 3.28. The first-order chi connectivity index (χ1) is 12.5. The van der Waals surface area contributed by atoms with Gasteiger partial charge >= 0.3 is 0 Å². The van der Waals surface area contributed by atoms with Gasteiger partial charge in [0.15, 0.2) is 0 Å². The fourth-order valence-corrected chi connectivity index (χ4v) is 3.28. The minimum absolute atomic E-state index is 0.0113. The average Bonchev–Trinajstić information content (AvgIpc) is 2.63. The number of aryl methyl sites for hydroxylation is 1. The van der Waals surface area contributed by atoms with Crippen molar-refractivity contribution in [1.82, 2.24) is 10.2 Å². The van der Waals surface area contributed by atoms with Crippen LogP contribution in [-0.4, -0.2) is 43.5 Å². The van der Waals surface area contributed by atoms with E-state index in [0.29, 0.717) is 12.2 Å². The zero-order valence-electron chi connectivity index (χ0n) is 15.4. The highest BCUT2D eigenvalue weighted by atomic mass is 19.1. The zero-order chi connectivity index (χ0) is 18.5. The van der Waals surface area contributed by atoms with E-state index in [4.69, 9.17) is 0 Å². The molecule has 1 saturated heterocycles. The van der Waals surface area contributed by atoms with Gasteiger partial charge < -0.3 is 10.2 Å². The van der Waals surface area contributed by atoms with E-state index in [1.54, 1.807) is 12.1 Å². The summed E-state index contributed by atoms with van der Waals surface area (Å²) in [5.74, 6) is -0.164. The molecule has 1 fully saturated rings. The molecule has 0 aromatic heterocycles. The van der Waals surface area contributed by atoms with Gasteiger partial charge in [-0.05, 0) is 31.5 Å². The Morgan fingerprint density at radius 2 is 1.73 bits per heavy atom. The second-order valence-electron chi connectivity index (χ2n) is 6.91. The molecule has 5 heteroatoms. The Morgan fingerprint density at radius 3 is 2.38 bits per heavy atom. The number of carbonyl (C=O) groups is 1. The highest BCUT2D eigenvalue weighted by molar-refractivity contribution is 5.78. The molecule has 0 saturated carbocycles. The van der Waals surface area contributed by atoms with Crippen LogP contribution in [0.25, 0.3) is 0 Å². The van der Waals surface area contributed by atoms with E-state index in [2.05, 4.69) is 22.3 Å². The molecule has 0 unspecified atom stereocenters. The van der Waals surface area contributed by atoms with E-state index < -0.39 is 0 Å². The lowest BCUT2D eigenvalue weighted by Crippen LogP contribution is -2.49. The van der Waals surface area contributed by atoms with Crippen LogP contribution < -0.4 is 10.2 Å². The molecule has 0 spiro atoms. The summed E-state index contributed by atoms with van der Waals surface area (Å²) in [6.07, 6.45) is 0. The Hall–Kier alpha value is -2.40. The number of para-hydroxylation sites is 1. The van der Waals surface area contributed by atoms with Crippen molar-refractivity contribution < 1.29 is 9.18 Å². The first kappa shape index (κ1) is 18.4. The van der Waals surface area contributed by atoms with Gasteiger partial charge in [-0.2, -0.15) is 0 Å². The topological polar surface area (TPSA) is 35.6 Å². The predicted octanol–water partition coefficient (Wildman–Crippen LogP) is 3.13. The second kappa shape index (κ2) is 8.32. The molecule has 0 bridgehead atoms. The quantitative estimate of drug-likeness (QED) is 0.895. The van der Waals surface area contributed by atoms with Crippen LogP contribution in [-0.2, 0) is 4.79 Å². The van der Waals surface area contributed by atoms with Gasteiger partial charge in [-0.15, -0.1) is 0 Å². The van der Waals surface area contributed by atoms with Crippen molar-refractivity contribution in [2.45, 2.75) is 19.9 Å². The average molecular weight is 355 g/mol. The summed E-state index contributed by atoms with van der Waals surface area (Å²) >= 11 is 0. The third-order valence-electron chi connectivity index (χ3n) is 4.89. The van der Waals surface area contributed by atoms with Gasteiger partial charge in [0, 0.05) is 26.2 Å². The molecule has 3 rings (SSSR count). The lowest BCUT2D eigenvalue weighted by molar-refractivity contribution is -0.123. The molecule has 0 radical (unpaired) electrons. The van der Waals surface area contributed by atoms with Gasteiger partial charge in [0.2, 0.25) is 5.91 Å². The predicted molar refractivity (Wildman–Crippen MR) is 103 cm³/mol. The summed E-state index contributed by atoms with van der Waals surface area (Å²) in [5.41, 5.74) is 2.96. The van der Waals surface area contributed by atoms with E-state index in [-0.39, 0.29) is 17.8 Å². The minimum Gasteiger partial charge on any atom is -0.367 e. The lowest BCUT2D eigenvalue weighted by atomic mass is 10.1. The van der Waals surface area contributed by atoms with Crippen molar-refractivity contribution in [3.05, 3.63) is 65.5 Å². The molecule has 1 heterocycles. The number of carbonyl (C=O) groups excluding carboxylic acids is 1.